The molecule has 2 N–H and O–H groups in total. The maximum atomic E-state index is 9.28. The summed E-state index contributed by atoms with van der Waals surface area (Å²) in [5, 5.41) is 17.1. The molecule has 0 saturated carbocycles. The highest BCUT2D eigenvalue weighted by Crippen LogP contribution is 2.15. The second-order valence-electron chi connectivity index (χ2n) is 2.32. The van der Waals surface area contributed by atoms with Crippen molar-refractivity contribution in [3.8, 4) is 0 Å². The molecule has 0 heterocycles. The first-order valence-electron chi connectivity index (χ1n) is 3.30. The molecule has 4 unspecified atom stereocenters. The van der Waals surface area contributed by atoms with Crippen molar-refractivity contribution in [1.29, 1.82) is 0 Å². The van der Waals surface area contributed by atoms with Crippen molar-refractivity contribution >= 4 is 46.4 Å². The van der Waals surface area contributed by atoms with Gasteiger partial charge in [-0.15, -0.1) is 46.4 Å². The maximum Gasteiger partial charge on any atom is 0.0988 e. The van der Waals surface area contributed by atoms with Gasteiger partial charge in [-0.25, -0.2) is 0 Å². The van der Waals surface area contributed by atoms with E-state index in [0.29, 0.717) is 0 Å². The van der Waals surface area contributed by atoms with Gasteiger partial charge in [0.1, 0.15) is 0 Å². The van der Waals surface area contributed by atoms with Gasteiger partial charge in [0.15, 0.2) is 0 Å². The van der Waals surface area contributed by atoms with E-state index in [9.17, 15) is 10.2 Å². The minimum atomic E-state index is -1.15. The number of alkyl halides is 4. The molecule has 0 aliphatic carbocycles. The van der Waals surface area contributed by atoms with Crippen molar-refractivity contribution in [3.63, 3.8) is 0 Å². The van der Waals surface area contributed by atoms with Gasteiger partial charge >= 0.3 is 0 Å². The molecule has 0 aliphatic heterocycles. The Hall–Kier alpha value is 1.08. The number of aliphatic hydroxyl groups excluding tert-OH is 2. The Morgan fingerprint density at radius 1 is 0.833 bits per heavy atom. The summed E-state index contributed by atoms with van der Waals surface area (Å²) in [5.41, 5.74) is 0. The van der Waals surface area contributed by atoms with Gasteiger partial charge in [0.05, 0.1) is 23.0 Å². The van der Waals surface area contributed by atoms with E-state index in [2.05, 4.69) is 0 Å². The van der Waals surface area contributed by atoms with E-state index in [4.69, 9.17) is 46.4 Å². The Balaban J connectivity index is 3.99. The molecule has 2 nitrogen and oxygen atoms in total. The quantitative estimate of drug-likeness (QED) is 0.730. The zero-order chi connectivity index (χ0) is 9.72. The summed E-state index contributed by atoms with van der Waals surface area (Å²) in [6.07, 6.45) is -2.30. The van der Waals surface area contributed by atoms with Crippen LogP contribution >= 0.6 is 46.4 Å². The summed E-state index contributed by atoms with van der Waals surface area (Å²) in [4.78, 5) is 0. The SMILES string of the molecule is OC(C(Cl)CCl)C(O)C(Cl)CCl. The molecule has 74 valence electrons. The minimum Gasteiger partial charge on any atom is -0.389 e. The van der Waals surface area contributed by atoms with Gasteiger partial charge in [-0.1, -0.05) is 0 Å². The Kier molecular flexibility index (Phi) is 7.11. The lowest BCUT2D eigenvalue weighted by atomic mass is 10.1. The molecule has 0 amide bonds. The molecule has 0 spiro atoms. The lowest BCUT2D eigenvalue weighted by Gasteiger charge is -2.23. The second kappa shape index (κ2) is 6.52. The Labute approximate surface area is 91.4 Å². The molecule has 12 heavy (non-hydrogen) atoms. The molecule has 0 saturated heterocycles. The fourth-order valence-electron chi connectivity index (χ4n) is 0.610. The monoisotopic (exact) mass is 254 g/mol. The number of hydrogen-bond acceptors (Lipinski definition) is 2. The van der Waals surface area contributed by atoms with Gasteiger partial charge in [0, 0.05) is 11.8 Å². The highest BCUT2D eigenvalue weighted by atomic mass is 35.5. The summed E-state index contributed by atoms with van der Waals surface area (Å²) in [6, 6.07) is 0. The van der Waals surface area contributed by atoms with E-state index in [0.717, 1.165) is 0 Å². The first-order valence-corrected chi connectivity index (χ1v) is 5.25. The van der Waals surface area contributed by atoms with E-state index in [1.807, 2.05) is 0 Å². The Morgan fingerprint density at radius 2 is 1.08 bits per heavy atom. The van der Waals surface area contributed by atoms with Crippen LogP contribution in [-0.2, 0) is 0 Å². The lowest BCUT2D eigenvalue weighted by molar-refractivity contribution is 0.0212. The molecule has 0 aromatic carbocycles. The summed E-state index contributed by atoms with van der Waals surface area (Å²) < 4.78 is 0. The van der Waals surface area contributed by atoms with Crippen LogP contribution in [0, 0.1) is 0 Å². The molecule has 6 heteroatoms. The molecule has 0 rings (SSSR count). The van der Waals surface area contributed by atoms with Gasteiger partial charge < -0.3 is 10.2 Å². The average molecular weight is 256 g/mol. The Bertz CT molecular complexity index is 110. The van der Waals surface area contributed by atoms with Crippen LogP contribution in [0.1, 0.15) is 0 Å². The largest absolute Gasteiger partial charge is 0.389 e. The highest BCUT2D eigenvalue weighted by molar-refractivity contribution is 6.29. The van der Waals surface area contributed by atoms with Crippen LogP contribution in [0.3, 0.4) is 0 Å². The van der Waals surface area contributed by atoms with Gasteiger partial charge in [0.2, 0.25) is 0 Å². The first-order chi connectivity index (χ1) is 5.54. The van der Waals surface area contributed by atoms with Crippen molar-refractivity contribution in [1.82, 2.24) is 0 Å². The third-order valence-electron chi connectivity index (χ3n) is 1.39. The zero-order valence-electron chi connectivity index (χ0n) is 6.13. The summed E-state index contributed by atoms with van der Waals surface area (Å²) in [6.45, 7) is 0. The van der Waals surface area contributed by atoms with E-state index in [1.54, 1.807) is 0 Å². The molecular formula is C6H10Cl4O2. The Morgan fingerprint density at radius 3 is 1.25 bits per heavy atom. The topological polar surface area (TPSA) is 40.5 Å². The smallest absolute Gasteiger partial charge is 0.0988 e. The molecule has 0 bridgehead atoms. The van der Waals surface area contributed by atoms with Crippen LogP contribution in [0.5, 0.6) is 0 Å². The van der Waals surface area contributed by atoms with Crippen molar-refractivity contribution < 1.29 is 10.2 Å². The molecule has 0 radical (unpaired) electrons. The van der Waals surface area contributed by atoms with E-state index >= 15 is 0 Å². The normalized spacial score (nSPS) is 21.5. The second-order valence-corrected chi connectivity index (χ2v) is 4.06. The first kappa shape index (κ1) is 13.1. The van der Waals surface area contributed by atoms with Crippen molar-refractivity contribution in [2.75, 3.05) is 11.8 Å². The molecular weight excluding hydrogens is 246 g/mol. The molecule has 0 fully saturated rings. The third-order valence-corrected chi connectivity index (χ3v) is 3.19. The van der Waals surface area contributed by atoms with Crippen LogP contribution in [-0.4, -0.2) is 44.9 Å². The summed E-state index contributed by atoms with van der Waals surface area (Å²) in [7, 11) is 0. The standard InChI is InChI=1S/C6H10Cl4O2/c7-1-3(9)5(11)6(12)4(10)2-8/h3-6,11-12H,1-2H2. The van der Waals surface area contributed by atoms with Gasteiger partial charge in [0.25, 0.3) is 0 Å². The van der Waals surface area contributed by atoms with Crippen LogP contribution in [0.4, 0.5) is 0 Å². The molecule has 0 aromatic rings. The molecule has 4 atom stereocenters. The highest BCUT2D eigenvalue weighted by Gasteiger charge is 2.29. The van der Waals surface area contributed by atoms with Crippen molar-refractivity contribution in [3.05, 3.63) is 0 Å². The average Bonchev–Trinajstić information content (AvgIpc) is 2.12. The van der Waals surface area contributed by atoms with Gasteiger partial charge in [-0.2, -0.15) is 0 Å². The summed E-state index contributed by atoms with van der Waals surface area (Å²) >= 11 is 21.9. The number of halogens is 4. The van der Waals surface area contributed by atoms with Gasteiger partial charge in [-0.3, -0.25) is 0 Å². The molecule has 0 aromatic heterocycles. The summed E-state index contributed by atoms with van der Waals surface area (Å²) in [5.74, 6) is 0.0946. The van der Waals surface area contributed by atoms with Crippen molar-refractivity contribution in [2.45, 2.75) is 23.0 Å². The number of rotatable bonds is 5. The fraction of sp³-hybridized carbons (Fsp3) is 1.00. The number of hydrogen-bond donors (Lipinski definition) is 2. The fourth-order valence-corrected chi connectivity index (χ4v) is 1.27. The third kappa shape index (κ3) is 3.86. The van der Waals surface area contributed by atoms with Crippen LogP contribution in [0.15, 0.2) is 0 Å². The lowest BCUT2D eigenvalue weighted by Crippen LogP contribution is -2.41. The van der Waals surface area contributed by atoms with Gasteiger partial charge in [-0.05, 0) is 0 Å². The van der Waals surface area contributed by atoms with E-state index < -0.39 is 23.0 Å². The predicted octanol–water partition coefficient (Wildman–Crippen LogP) is 1.40. The zero-order valence-corrected chi connectivity index (χ0v) is 9.15. The minimum absolute atomic E-state index is 0.0473. The van der Waals surface area contributed by atoms with Crippen LogP contribution in [0.2, 0.25) is 0 Å². The van der Waals surface area contributed by atoms with E-state index in [-0.39, 0.29) is 11.8 Å². The number of aliphatic hydroxyl groups is 2. The van der Waals surface area contributed by atoms with E-state index in [1.165, 1.54) is 0 Å². The van der Waals surface area contributed by atoms with Crippen LogP contribution < -0.4 is 0 Å². The molecule has 0 aliphatic rings. The van der Waals surface area contributed by atoms with Crippen LogP contribution in [0.25, 0.3) is 0 Å². The predicted molar refractivity (Wildman–Crippen MR) is 52.7 cm³/mol. The van der Waals surface area contributed by atoms with Crippen molar-refractivity contribution in [2.24, 2.45) is 0 Å². The maximum absolute atomic E-state index is 9.28.